The lowest BCUT2D eigenvalue weighted by molar-refractivity contribution is -0.143. The average molecular weight is 241 g/mol. The van der Waals surface area contributed by atoms with Crippen LogP contribution in [0, 0.1) is 0 Å². The lowest BCUT2D eigenvalue weighted by Gasteiger charge is -2.30. The maximum Gasteiger partial charge on any atom is 0.248 e. The molecule has 1 atom stereocenters. The van der Waals surface area contributed by atoms with Gasteiger partial charge in [0.1, 0.15) is 6.61 Å². The predicted octanol–water partition coefficient (Wildman–Crippen LogP) is 2.98. The van der Waals surface area contributed by atoms with Crippen LogP contribution >= 0.6 is 0 Å². The second-order valence-corrected chi connectivity index (χ2v) is 5.90. The van der Waals surface area contributed by atoms with Crippen molar-refractivity contribution in [2.45, 2.75) is 71.4 Å². The fraction of sp³-hybridized carbons (Fsp3) is 0.929. The second kappa shape index (κ2) is 6.39. The van der Waals surface area contributed by atoms with E-state index in [4.69, 9.17) is 4.74 Å². The first-order chi connectivity index (χ1) is 7.94. The first-order valence-corrected chi connectivity index (χ1v) is 6.87. The zero-order chi connectivity index (χ0) is 12.9. The molecule has 1 aliphatic heterocycles. The van der Waals surface area contributed by atoms with Crippen molar-refractivity contribution in [2.75, 3.05) is 13.2 Å². The standard InChI is InChI=1S/C14H27NO2/c1-5-12-9-7-6-8-10-15(12)13(16)11-17-14(2,3)4/h12H,5-11H2,1-4H3. The summed E-state index contributed by atoms with van der Waals surface area (Å²) in [4.78, 5) is 14.2. The van der Waals surface area contributed by atoms with Gasteiger partial charge < -0.3 is 9.64 Å². The Labute approximate surface area is 106 Å². The van der Waals surface area contributed by atoms with Crippen molar-refractivity contribution < 1.29 is 9.53 Å². The first kappa shape index (κ1) is 14.5. The smallest absolute Gasteiger partial charge is 0.248 e. The molecule has 0 saturated carbocycles. The first-order valence-electron chi connectivity index (χ1n) is 6.87. The molecule has 100 valence electrons. The number of amides is 1. The molecule has 17 heavy (non-hydrogen) atoms. The summed E-state index contributed by atoms with van der Waals surface area (Å²) >= 11 is 0. The molecule has 1 amide bonds. The molecule has 1 unspecified atom stereocenters. The highest BCUT2D eigenvalue weighted by Gasteiger charge is 2.25. The molecule has 0 aromatic carbocycles. The van der Waals surface area contributed by atoms with Crippen LogP contribution in [0.2, 0.25) is 0 Å². The van der Waals surface area contributed by atoms with E-state index in [1.54, 1.807) is 0 Å². The molecule has 3 nitrogen and oxygen atoms in total. The largest absolute Gasteiger partial charge is 0.366 e. The van der Waals surface area contributed by atoms with Crippen molar-refractivity contribution in [3.8, 4) is 0 Å². The summed E-state index contributed by atoms with van der Waals surface area (Å²) in [5.74, 6) is 0.161. The van der Waals surface area contributed by atoms with Crippen molar-refractivity contribution in [3.63, 3.8) is 0 Å². The van der Waals surface area contributed by atoms with Gasteiger partial charge in [0, 0.05) is 12.6 Å². The van der Waals surface area contributed by atoms with Gasteiger partial charge in [0.25, 0.3) is 0 Å². The Balaban J connectivity index is 2.52. The van der Waals surface area contributed by atoms with E-state index in [0.29, 0.717) is 6.04 Å². The molecule has 1 rings (SSSR count). The summed E-state index contributed by atoms with van der Waals surface area (Å²) in [6, 6.07) is 0.425. The van der Waals surface area contributed by atoms with Crippen molar-refractivity contribution in [2.24, 2.45) is 0 Å². The lowest BCUT2D eigenvalue weighted by atomic mass is 10.1. The maximum absolute atomic E-state index is 12.2. The van der Waals surface area contributed by atoms with Gasteiger partial charge in [-0.1, -0.05) is 19.8 Å². The Hall–Kier alpha value is -0.570. The number of hydrogen-bond donors (Lipinski definition) is 0. The molecule has 1 aliphatic rings. The van der Waals surface area contributed by atoms with Crippen molar-refractivity contribution >= 4 is 5.91 Å². The third-order valence-electron chi connectivity index (χ3n) is 3.30. The topological polar surface area (TPSA) is 29.5 Å². The van der Waals surface area contributed by atoms with E-state index in [1.807, 2.05) is 25.7 Å². The van der Waals surface area contributed by atoms with E-state index >= 15 is 0 Å². The SMILES string of the molecule is CCC1CCCCCN1C(=O)COC(C)(C)C. The van der Waals surface area contributed by atoms with Gasteiger partial charge >= 0.3 is 0 Å². The van der Waals surface area contributed by atoms with E-state index in [-0.39, 0.29) is 18.1 Å². The second-order valence-electron chi connectivity index (χ2n) is 5.90. The lowest BCUT2D eigenvalue weighted by Crippen LogP contribution is -2.42. The van der Waals surface area contributed by atoms with Gasteiger partial charge in [-0.2, -0.15) is 0 Å². The third-order valence-corrected chi connectivity index (χ3v) is 3.30. The van der Waals surface area contributed by atoms with Crippen LogP contribution in [0.4, 0.5) is 0 Å². The molecule has 0 spiro atoms. The Bertz CT molecular complexity index is 245. The average Bonchev–Trinajstić information content (AvgIpc) is 2.49. The molecule has 3 heteroatoms. The molecule has 0 bridgehead atoms. The number of carbonyl (C=O) groups excluding carboxylic acids is 1. The van der Waals surface area contributed by atoms with Crippen LogP contribution in [0.15, 0.2) is 0 Å². The van der Waals surface area contributed by atoms with Crippen LogP contribution in [-0.2, 0) is 9.53 Å². The minimum atomic E-state index is -0.233. The van der Waals surface area contributed by atoms with Crippen molar-refractivity contribution in [1.82, 2.24) is 4.90 Å². The van der Waals surface area contributed by atoms with Crippen LogP contribution in [0.5, 0.6) is 0 Å². The Morgan fingerprint density at radius 1 is 1.29 bits per heavy atom. The number of carbonyl (C=O) groups is 1. The summed E-state index contributed by atoms with van der Waals surface area (Å²) < 4.78 is 5.59. The summed E-state index contributed by atoms with van der Waals surface area (Å²) in [5.41, 5.74) is -0.233. The van der Waals surface area contributed by atoms with Crippen LogP contribution in [0.25, 0.3) is 0 Å². The van der Waals surface area contributed by atoms with Gasteiger partial charge in [0.15, 0.2) is 0 Å². The molecule has 1 heterocycles. The predicted molar refractivity (Wildman–Crippen MR) is 70.0 cm³/mol. The van der Waals surface area contributed by atoms with Gasteiger partial charge in [-0.05, 0) is 40.0 Å². The normalized spacial score (nSPS) is 22.4. The highest BCUT2D eigenvalue weighted by molar-refractivity contribution is 5.77. The molecular weight excluding hydrogens is 214 g/mol. The fourth-order valence-electron chi connectivity index (χ4n) is 2.29. The highest BCUT2D eigenvalue weighted by atomic mass is 16.5. The fourth-order valence-corrected chi connectivity index (χ4v) is 2.29. The van der Waals surface area contributed by atoms with E-state index in [0.717, 1.165) is 25.8 Å². The van der Waals surface area contributed by atoms with E-state index in [2.05, 4.69) is 6.92 Å². The molecule has 0 radical (unpaired) electrons. The number of nitrogens with zero attached hydrogens (tertiary/aromatic N) is 1. The summed E-state index contributed by atoms with van der Waals surface area (Å²) in [7, 11) is 0. The molecule has 1 fully saturated rings. The maximum atomic E-state index is 12.2. The Morgan fingerprint density at radius 3 is 2.59 bits per heavy atom. The zero-order valence-corrected chi connectivity index (χ0v) is 11.8. The third kappa shape index (κ3) is 5.07. The van der Waals surface area contributed by atoms with Crippen LogP contribution in [0.3, 0.4) is 0 Å². The molecular formula is C14H27NO2. The van der Waals surface area contributed by atoms with E-state index in [1.165, 1.54) is 12.8 Å². The van der Waals surface area contributed by atoms with Crippen molar-refractivity contribution in [1.29, 1.82) is 0 Å². The number of hydrogen-bond acceptors (Lipinski definition) is 2. The molecule has 0 aromatic rings. The molecule has 1 saturated heterocycles. The van der Waals surface area contributed by atoms with Gasteiger partial charge in [-0.15, -0.1) is 0 Å². The van der Waals surface area contributed by atoms with E-state index in [9.17, 15) is 4.79 Å². The zero-order valence-electron chi connectivity index (χ0n) is 11.8. The van der Waals surface area contributed by atoms with Gasteiger partial charge in [-0.3, -0.25) is 4.79 Å². The monoisotopic (exact) mass is 241 g/mol. The molecule has 0 aliphatic carbocycles. The highest BCUT2D eigenvalue weighted by Crippen LogP contribution is 2.19. The van der Waals surface area contributed by atoms with Crippen LogP contribution in [-0.4, -0.2) is 35.6 Å². The number of likely N-dealkylation sites (tertiary alicyclic amines) is 1. The Morgan fingerprint density at radius 2 is 2.00 bits per heavy atom. The van der Waals surface area contributed by atoms with Crippen LogP contribution < -0.4 is 0 Å². The van der Waals surface area contributed by atoms with Gasteiger partial charge in [-0.25, -0.2) is 0 Å². The summed E-state index contributed by atoms with van der Waals surface area (Å²) in [6.45, 7) is 9.26. The molecule has 0 N–H and O–H groups in total. The Kier molecular flexibility index (Phi) is 5.44. The number of ether oxygens (including phenoxy) is 1. The van der Waals surface area contributed by atoms with Crippen molar-refractivity contribution in [3.05, 3.63) is 0 Å². The van der Waals surface area contributed by atoms with Gasteiger partial charge in [0.2, 0.25) is 5.91 Å². The summed E-state index contributed by atoms with van der Waals surface area (Å²) in [5, 5.41) is 0. The van der Waals surface area contributed by atoms with Crippen LogP contribution in [0.1, 0.15) is 59.8 Å². The minimum absolute atomic E-state index is 0.161. The summed E-state index contributed by atoms with van der Waals surface area (Å²) in [6.07, 6.45) is 5.85. The van der Waals surface area contributed by atoms with Gasteiger partial charge in [0.05, 0.1) is 5.60 Å². The van der Waals surface area contributed by atoms with E-state index < -0.39 is 0 Å². The molecule has 0 aromatic heterocycles. The number of rotatable bonds is 3. The quantitative estimate of drug-likeness (QED) is 0.760. The minimum Gasteiger partial charge on any atom is -0.366 e.